The van der Waals surface area contributed by atoms with Gasteiger partial charge in [-0.2, -0.15) is 5.10 Å². The summed E-state index contributed by atoms with van der Waals surface area (Å²) >= 11 is 4.61. The molecule has 0 radical (unpaired) electrons. The number of hydrogen-bond donors (Lipinski definition) is 3. The van der Waals surface area contributed by atoms with E-state index in [0.717, 1.165) is 21.5 Å². The van der Waals surface area contributed by atoms with Crippen LogP contribution in [0.15, 0.2) is 62.2 Å². The number of hydrazone groups is 1. The summed E-state index contributed by atoms with van der Waals surface area (Å²) < 4.78 is 6.14. The highest BCUT2D eigenvalue weighted by Crippen LogP contribution is 2.20. The minimum Gasteiger partial charge on any atom is -0.467 e. The molecule has 0 unspecified atom stereocenters. The van der Waals surface area contributed by atoms with E-state index < -0.39 is 11.8 Å². The minimum absolute atomic E-state index is 0.343. The Labute approximate surface area is 166 Å². The number of rotatable bonds is 6. The zero-order valence-electron chi connectivity index (χ0n) is 13.8. The third kappa shape index (κ3) is 5.50. The van der Waals surface area contributed by atoms with E-state index in [1.807, 2.05) is 30.3 Å². The van der Waals surface area contributed by atoms with Crippen LogP contribution in [-0.4, -0.2) is 23.0 Å². The van der Waals surface area contributed by atoms with Gasteiger partial charge < -0.3 is 9.73 Å². The summed E-state index contributed by atoms with van der Waals surface area (Å²) in [5.74, 6) is -0.943. The molecule has 0 atom stereocenters. The topological polar surface area (TPSA) is 109 Å². The second kappa shape index (κ2) is 9.10. The Morgan fingerprint density at radius 3 is 2.93 bits per heavy atom. The first kappa shape index (κ1) is 18.8. The Bertz CT molecular complexity index is 942. The van der Waals surface area contributed by atoms with Crippen molar-refractivity contribution >= 4 is 56.1 Å². The highest BCUT2D eigenvalue weighted by Gasteiger charge is 2.13. The molecule has 3 N–H and O–H groups in total. The van der Waals surface area contributed by atoms with Crippen molar-refractivity contribution in [2.24, 2.45) is 5.10 Å². The summed E-state index contributed by atoms with van der Waals surface area (Å²) in [5, 5.41) is 11.5. The molecule has 0 aliphatic carbocycles. The van der Waals surface area contributed by atoms with Gasteiger partial charge in [-0.25, -0.2) is 10.4 Å². The number of anilines is 2. The van der Waals surface area contributed by atoms with Crippen molar-refractivity contribution in [3.63, 3.8) is 0 Å². The van der Waals surface area contributed by atoms with E-state index in [-0.39, 0.29) is 0 Å². The molecule has 0 saturated carbocycles. The summed E-state index contributed by atoms with van der Waals surface area (Å²) in [6.07, 6.45) is 4.58. The van der Waals surface area contributed by atoms with Crippen molar-refractivity contribution < 1.29 is 14.0 Å². The predicted octanol–water partition coefficient (Wildman–Crippen LogP) is 3.20. The zero-order valence-corrected chi connectivity index (χ0v) is 16.2. The van der Waals surface area contributed by atoms with Crippen LogP contribution in [-0.2, 0) is 16.1 Å². The number of nitrogens with zero attached hydrogens (tertiary/aromatic N) is 2. The third-order valence-electron chi connectivity index (χ3n) is 3.28. The van der Waals surface area contributed by atoms with E-state index in [1.54, 1.807) is 11.6 Å². The van der Waals surface area contributed by atoms with E-state index in [9.17, 15) is 9.59 Å². The van der Waals surface area contributed by atoms with Gasteiger partial charge in [-0.05, 0) is 30.3 Å². The highest BCUT2D eigenvalue weighted by molar-refractivity contribution is 9.10. The normalized spacial score (nSPS) is 10.7. The monoisotopic (exact) mass is 447 g/mol. The van der Waals surface area contributed by atoms with Crippen LogP contribution in [0.1, 0.15) is 11.3 Å². The fourth-order valence-corrected chi connectivity index (χ4v) is 2.95. The van der Waals surface area contributed by atoms with E-state index in [1.165, 1.54) is 23.7 Å². The molecule has 1 aromatic carbocycles. The zero-order chi connectivity index (χ0) is 19.1. The molecule has 10 heteroatoms. The molecule has 0 aliphatic rings. The van der Waals surface area contributed by atoms with Crippen molar-refractivity contribution in [2.75, 3.05) is 10.6 Å². The summed E-state index contributed by atoms with van der Waals surface area (Å²) in [6.45, 7) is 0.498. The fraction of sp³-hybridized carbons (Fsp3) is 0.0588. The van der Waals surface area contributed by atoms with Gasteiger partial charge in [0.15, 0.2) is 5.13 Å². The Balaban J connectivity index is 1.60. The van der Waals surface area contributed by atoms with Crippen LogP contribution < -0.4 is 16.1 Å². The third-order valence-corrected chi connectivity index (χ3v) is 4.46. The van der Waals surface area contributed by atoms with Gasteiger partial charge in [0.2, 0.25) is 0 Å². The molecule has 138 valence electrons. The van der Waals surface area contributed by atoms with E-state index in [4.69, 9.17) is 4.42 Å². The first-order valence-corrected chi connectivity index (χ1v) is 9.39. The number of carbonyl (C=O) groups excluding carboxylic acids is 2. The van der Waals surface area contributed by atoms with Crippen LogP contribution in [0, 0.1) is 0 Å². The number of halogens is 1. The van der Waals surface area contributed by atoms with Crippen molar-refractivity contribution in [3.8, 4) is 0 Å². The molecule has 0 fully saturated rings. The maximum absolute atomic E-state index is 11.8. The molecule has 3 aromatic rings. The van der Waals surface area contributed by atoms with Gasteiger partial charge >= 0.3 is 11.8 Å². The van der Waals surface area contributed by atoms with Gasteiger partial charge in [0, 0.05) is 27.3 Å². The number of thiazole rings is 1. The van der Waals surface area contributed by atoms with Gasteiger partial charge in [0.1, 0.15) is 5.76 Å². The molecule has 0 aliphatic heterocycles. The van der Waals surface area contributed by atoms with Gasteiger partial charge in [0.05, 0.1) is 19.0 Å². The van der Waals surface area contributed by atoms with Gasteiger partial charge in [-0.1, -0.05) is 15.9 Å². The number of amides is 2. The van der Waals surface area contributed by atoms with Crippen LogP contribution in [0.25, 0.3) is 0 Å². The van der Waals surface area contributed by atoms with E-state index >= 15 is 0 Å². The Morgan fingerprint density at radius 2 is 2.19 bits per heavy atom. The molecule has 8 nitrogen and oxygen atoms in total. The number of nitrogens with one attached hydrogen (secondary N) is 3. The number of hydrogen-bond acceptors (Lipinski definition) is 7. The van der Waals surface area contributed by atoms with Crippen molar-refractivity contribution in [2.45, 2.75) is 6.54 Å². The van der Waals surface area contributed by atoms with E-state index in [0.29, 0.717) is 11.7 Å². The lowest BCUT2D eigenvalue weighted by Crippen LogP contribution is -2.32. The van der Waals surface area contributed by atoms with Gasteiger partial charge in [-0.15, -0.1) is 11.3 Å². The minimum atomic E-state index is -0.887. The number of aromatic nitrogens is 1. The number of furan rings is 1. The van der Waals surface area contributed by atoms with Crippen molar-refractivity contribution in [1.82, 2.24) is 10.4 Å². The van der Waals surface area contributed by atoms with Crippen LogP contribution in [0.4, 0.5) is 10.8 Å². The Kier molecular flexibility index (Phi) is 6.34. The second-order valence-electron chi connectivity index (χ2n) is 5.15. The standard InChI is InChI=1S/C17H14BrN5O3S/c18-12-3-4-14(20-10-13-2-1-6-26-13)11(8-12)9-21-23-16(25)15(24)22-17-19-5-7-27-17/h1-9,20H,10H2,(H,23,25)(H,19,22,24)/b21-9-. The molecule has 27 heavy (non-hydrogen) atoms. The van der Waals surface area contributed by atoms with Crippen LogP contribution in [0.3, 0.4) is 0 Å². The lowest BCUT2D eigenvalue weighted by atomic mass is 10.2. The molecule has 0 bridgehead atoms. The maximum atomic E-state index is 11.8. The van der Waals surface area contributed by atoms with Gasteiger partial charge in [-0.3, -0.25) is 14.9 Å². The second-order valence-corrected chi connectivity index (χ2v) is 6.97. The van der Waals surface area contributed by atoms with Crippen molar-refractivity contribution in [1.29, 1.82) is 0 Å². The Hall–Kier alpha value is -2.98. The average molecular weight is 448 g/mol. The van der Waals surface area contributed by atoms with Crippen LogP contribution in [0.2, 0.25) is 0 Å². The molecule has 2 aromatic heterocycles. The highest BCUT2D eigenvalue weighted by atomic mass is 79.9. The fourth-order valence-electron chi connectivity index (χ4n) is 2.05. The SMILES string of the molecule is O=C(N/N=C\c1cc(Br)ccc1NCc1ccco1)C(=O)Nc1nccs1. The van der Waals surface area contributed by atoms with Crippen LogP contribution in [0.5, 0.6) is 0 Å². The summed E-state index contributed by atoms with van der Waals surface area (Å²) in [4.78, 5) is 27.4. The quantitative estimate of drug-likeness (QED) is 0.305. The predicted molar refractivity (Wildman–Crippen MR) is 107 cm³/mol. The molecule has 3 rings (SSSR count). The van der Waals surface area contributed by atoms with Gasteiger partial charge in [0.25, 0.3) is 0 Å². The molecule has 0 spiro atoms. The lowest BCUT2D eigenvalue weighted by molar-refractivity contribution is -0.136. The molecular formula is C17H14BrN5O3S. The summed E-state index contributed by atoms with van der Waals surface area (Å²) in [5.41, 5.74) is 3.70. The largest absolute Gasteiger partial charge is 0.467 e. The maximum Gasteiger partial charge on any atom is 0.329 e. The first-order chi connectivity index (χ1) is 13.1. The average Bonchev–Trinajstić information content (AvgIpc) is 3.34. The lowest BCUT2D eigenvalue weighted by Gasteiger charge is -2.08. The number of benzene rings is 1. The summed E-state index contributed by atoms with van der Waals surface area (Å²) in [7, 11) is 0. The summed E-state index contributed by atoms with van der Waals surface area (Å²) in [6, 6.07) is 9.25. The smallest absolute Gasteiger partial charge is 0.329 e. The molecule has 0 saturated heterocycles. The molecule has 2 amide bonds. The van der Waals surface area contributed by atoms with Crippen molar-refractivity contribution in [3.05, 3.63) is 64.0 Å². The van der Waals surface area contributed by atoms with E-state index in [2.05, 4.69) is 42.1 Å². The number of carbonyl (C=O) groups is 2. The first-order valence-electron chi connectivity index (χ1n) is 7.71. The molecule has 2 heterocycles. The molecular weight excluding hydrogens is 434 g/mol. The Morgan fingerprint density at radius 1 is 1.30 bits per heavy atom. The van der Waals surface area contributed by atoms with Crippen LogP contribution >= 0.6 is 27.3 Å².